The van der Waals surface area contributed by atoms with Crippen LogP contribution in [-0.4, -0.2) is 0 Å². The number of allylic oxidation sites excluding steroid dienone is 2. The van der Waals surface area contributed by atoms with Crippen molar-refractivity contribution in [3.63, 3.8) is 0 Å². The Morgan fingerprint density at radius 2 is 1.39 bits per heavy atom. The molecule has 156 valence electrons. The van der Waals surface area contributed by atoms with E-state index in [1.54, 1.807) is 4.88 Å². The Morgan fingerprint density at radius 3 is 2.04 bits per heavy atom. The minimum atomic E-state index is 0.718. The summed E-state index contributed by atoms with van der Waals surface area (Å²) in [5.41, 5.74) is 0. The van der Waals surface area contributed by atoms with Crippen LogP contribution in [0.3, 0.4) is 0 Å². The van der Waals surface area contributed by atoms with Gasteiger partial charge in [-0.05, 0) is 67.3 Å². The van der Waals surface area contributed by atoms with E-state index in [1.807, 2.05) is 22.7 Å². The minimum absolute atomic E-state index is 0.718. The molecule has 0 saturated carbocycles. The van der Waals surface area contributed by atoms with Gasteiger partial charge in [0.2, 0.25) is 0 Å². The first-order valence-electron chi connectivity index (χ1n) is 11.6. The van der Waals surface area contributed by atoms with Gasteiger partial charge in [-0.2, -0.15) is 0 Å². The van der Waals surface area contributed by atoms with Crippen molar-refractivity contribution >= 4 is 22.7 Å². The van der Waals surface area contributed by atoms with Crippen LogP contribution in [0.2, 0.25) is 0 Å². The van der Waals surface area contributed by atoms with Gasteiger partial charge in [-0.1, -0.05) is 82.6 Å². The van der Waals surface area contributed by atoms with Gasteiger partial charge in [0.1, 0.15) is 0 Å². The lowest BCUT2D eigenvalue weighted by molar-refractivity contribution is 0.553. The second-order valence-electron chi connectivity index (χ2n) is 8.02. The van der Waals surface area contributed by atoms with Gasteiger partial charge in [-0.25, -0.2) is 0 Å². The predicted octanol–water partition coefficient (Wildman–Crippen LogP) is 9.78. The molecule has 2 rings (SSSR count). The van der Waals surface area contributed by atoms with E-state index in [0.717, 1.165) is 5.92 Å². The molecule has 0 aliphatic rings. The maximum atomic E-state index is 2.43. The van der Waals surface area contributed by atoms with Crippen molar-refractivity contribution < 1.29 is 0 Å². The summed E-state index contributed by atoms with van der Waals surface area (Å²) in [7, 11) is 0. The van der Waals surface area contributed by atoms with Crippen LogP contribution in [0.4, 0.5) is 0 Å². The average Bonchev–Trinajstić information content (AvgIpc) is 3.41. The number of thiophene rings is 2. The van der Waals surface area contributed by atoms with Gasteiger partial charge in [0.05, 0.1) is 0 Å². The van der Waals surface area contributed by atoms with Crippen LogP contribution in [-0.2, 0) is 6.42 Å². The third kappa shape index (κ3) is 10.6. The number of rotatable bonds is 17. The molecule has 1 atom stereocenters. The van der Waals surface area contributed by atoms with Gasteiger partial charge < -0.3 is 0 Å². The summed E-state index contributed by atoms with van der Waals surface area (Å²) in [6.07, 6.45) is 23.9. The lowest BCUT2D eigenvalue weighted by atomic mass is 9.95. The van der Waals surface area contributed by atoms with Crippen molar-refractivity contribution in [3.8, 4) is 0 Å². The molecule has 2 aromatic rings. The van der Waals surface area contributed by atoms with Crippen LogP contribution >= 0.6 is 22.7 Å². The zero-order valence-corrected chi connectivity index (χ0v) is 19.5. The second-order valence-corrected chi connectivity index (χ2v) is 10.0. The summed E-state index contributed by atoms with van der Waals surface area (Å²) in [5, 5.41) is 4.44. The number of hydrogen-bond donors (Lipinski definition) is 0. The average molecular weight is 417 g/mol. The van der Waals surface area contributed by atoms with E-state index in [9.17, 15) is 0 Å². The Labute approximate surface area is 182 Å². The predicted molar refractivity (Wildman–Crippen MR) is 130 cm³/mol. The van der Waals surface area contributed by atoms with Crippen molar-refractivity contribution in [3.05, 3.63) is 56.9 Å². The molecule has 0 nitrogen and oxygen atoms in total. The molecule has 0 aliphatic carbocycles. The van der Waals surface area contributed by atoms with Crippen LogP contribution in [0.5, 0.6) is 0 Å². The summed E-state index contributed by atoms with van der Waals surface area (Å²) in [6.45, 7) is 2.29. The van der Waals surface area contributed by atoms with E-state index in [1.165, 1.54) is 94.8 Å². The molecule has 1 unspecified atom stereocenters. The Hall–Kier alpha value is -0.860. The third-order valence-electron chi connectivity index (χ3n) is 5.54. The van der Waals surface area contributed by atoms with Gasteiger partial charge in [0.25, 0.3) is 0 Å². The zero-order chi connectivity index (χ0) is 19.7. The molecule has 28 heavy (non-hydrogen) atoms. The van der Waals surface area contributed by atoms with Crippen molar-refractivity contribution in [1.82, 2.24) is 0 Å². The fraction of sp³-hybridized carbons (Fsp3) is 0.615. The highest BCUT2D eigenvalue weighted by atomic mass is 32.1. The molecular formula is C26H40S2. The number of unbranched alkanes of at least 4 members (excludes halogenated alkanes) is 10. The molecule has 0 fully saturated rings. The maximum Gasteiger partial charge on any atom is 0.00797 e. The molecule has 0 spiro atoms. The van der Waals surface area contributed by atoms with Gasteiger partial charge in [-0.3, -0.25) is 0 Å². The van der Waals surface area contributed by atoms with Crippen molar-refractivity contribution in [1.29, 1.82) is 0 Å². The quantitative estimate of drug-likeness (QED) is 0.178. The summed E-state index contributed by atoms with van der Waals surface area (Å²) < 4.78 is 0. The number of hydrogen-bond acceptors (Lipinski definition) is 2. The van der Waals surface area contributed by atoms with Crippen molar-refractivity contribution in [2.45, 2.75) is 103 Å². The fourth-order valence-electron chi connectivity index (χ4n) is 3.82. The SMILES string of the molecule is CCCCCCCCC=CCCCCCCC(Cc1cccs1)c1cccs1. The summed E-state index contributed by atoms with van der Waals surface area (Å²) in [6, 6.07) is 9.02. The molecule has 0 saturated heterocycles. The molecule has 0 amide bonds. The minimum Gasteiger partial charge on any atom is -0.149 e. The summed E-state index contributed by atoms with van der Waals surface area (Å²) >= 11 is 3.84. The van der Waals surface area contributed by atoms with Crippen molar-refractivity contribution in [2.75, 3.05) is 0 Å². The highest BCUT2D eigenvalue weighted by Crippen LogP contribution is 2.31. The first kappa shape index (κ1) is 23.4. The lowest BCUT2D eigenvalue weighted by Gasteiger charge is -2.14. The molecule has 0 aromatic carbocycles. The highest BCUT2D eigenvalue weighted by molar-refractivity contribution is 7.10. The van der Waals surface area contributed by atoms with E-state index in [2.05, 4.69) is 54.1 Å². The van der Waals surface area contributed by atoms with Gasteiger partial charge in [0.15, 0.2) is 0 Å². The van der Waals surface area contributed by atoms with Crippen LogP contribution in [0.1, 0.15) is 106 Å². The lowest BCUT2D eigenvalue weighted by Crippen LogP contribution is -2.00. The largest absolute Gasteiger partial charge is 0.149 e. The molecule has 0 aliphatic heterocycles. The Bertz CT molecular complexity index is 580. The van der Waals surface area contributed by atoms with Crippen LogP contribution in [0.15, 0.2) is 47.2 Å². The standard InChI is InChI=1S/C26H40S2/c1-2-3-4-5-6-7-8-9-10-11-12-13-14-15-18-24(26-20-17-22-28-26)23-25-19-16-21-27-25/h9-10,16-17,19-22,24H,2-8,11-15,18,23H2,1H3. The van der Waals surface area contributed by atoms with E-state index in [-0.39, 0.29) is 0 Å². The van der Waals surface area contributed by atoms with Crippen LogP contribution in [0, 0.1) is 0 Å². The normalized spacial score (nSPS) is 12.8. The first-order chi connectivity index (χ1) is 13.9. The van der Waals surface area contributed by atoms with Gasteiger partial charge >= 0.3 is 0 Å². The Balaban J connectivity index is 1.49. The Morgan fingerprint density at radius 1 is 0.750 bits per heavy atom. The fourth-order valence-corrected chi connectivity index (χ4v) is 5.48. The smallest absolute Gasteiger partial charge is 0.00797 e. The third-order valence-corrected chi connectivity index (χ3v) is 7.47. The summed E-state index contributed by atoms with van der Waals surface area (Å²) in [5.74, 6) is 0.718. The van der Waals surface area contributed by atoms with E-state index >= 15 is 0 Å². The van der Waals surface area contributed by atoms with Crippen LogP contribution < -0.4 is 0 Å². The zero-order valence-electron chi connectivity index (χ0n) is 17.9. The molecule has 2 heteroatoms. The molecule has 0 bridgehead atoms. The van der Waals surface area contributed by atoms with Crippen molar-refractivity contribution in [2.24, 2.45) is 0 Å². The molecule has 2 aromatic heterocycles. The Kier molecular flexibility index (Phi) is 13.4. The molecule has 0 N–H and O–H groups in total. The maximum absolute atomic E-state index is 2.43. The first-order valence-corrected chi connectivity index (χ1v) is 13.4. The summed E-state index contributed by atoms with van der Waals surface area (Å²) in [4.78, 5) is 3.11. The monoisotopic (exact) mass is 416 g/mol. The molecular weight excluding hydrogens is 376 g/mol. The van der Waals surface area contributed by atoms with E-state index in [4.69, 9.17) is 0 Å². The molecule has 0 radical (unpaired) electrons. The van der Waals surface area contributed by atoms with Gasteiger partial charge in [0, 0.05) is 9.75 Å². The van der Waals surface area contributed by atoms with Gasteiger partial charge in [-0.15, -0.1) is 22.7 Å². The topological polar surface area (TPSA) is 0 Å². The molecule has 2 heterocycles. The van der Waals surface area contributed by atoms with Crippen LogP contribution in [0.25, 0.3) is 0 Å². The highest BCUT2D eigenvalue weighted by Gasteiger charge is 2.13. The van der Waals surface area contributed by atoms with E-state index < -0.39 is 0 Å². The van der Waals surface area contributed by atoms with E-state index in [0.29, 0.717) is 0 Å². The second kappa shape index (κ2) is 16.0.